The second kappa shape index (κ2) is 11.2. The van der Waals surface area contributed by atoms with Crippen molar-refractivity contribution in [1.82, 2.24) is 4.31 Å². The maximum absolute atomic E-state index is 13.0. The summed E-state index contributed by atoms with van der Waals surface area (Å²) in [5, 5.41) is 9.22. The number of hydrogen-bond donors (Lipinski definition) is 1. The highest BCUT2D eigenvalue weighted by Crippen LogP contribution is 2.28. The van der Waals surface area contributed by atoms with Gasteiger partial charge in [-0.3, -0.25) is 0 Å². The number of halogens is 2. The minimum atomic E-state index is -3.69. The molecule has 0 amide bonds. The van der Waals surface area contributed by atoms with Crippen LogP contribution in [0, 0.1) is 6.92 Å². The zero-order valence-electron chi connectivity index (χ0n) is 16.6. The zero-order chi connectivity index (χ0) is 22.3. The quantitative estimate of drug-likeness (QED) is 0.447. The van der Waals surface area contributed by atoms with Gasteiger partial charge in [0.05, 0.1) is 14.9 Å². The Labute approximate surface area is 191 Å². The molecule has 0 unspecified atom stereocenters. The van der Waals surface area contributed by atoms with Gasteiger partial charge in [0.25, 0.3) is 0 Å². The van der Waals surface area contributed by atoms with Gasteiger partial charge in [-0.1, -0.05) is 30.1 Å². The molecular formula is C20H23Cl2NO5S2. The average Bonchev–Trinajstić information content (AvgIpc) is 2.68. The molecule has 0 aromatic heterocycles. The number of thioether (sulfide) groups is 1. The highest BCUT2D eigenvalue weighted by atomic mass is 35.5. The van der Waals surface area contributed by atoms with Gasteiger partial charge in [0.2, 0.25) is 10.0 Å². The molecule has 2 aromatic rings. The Morgan fingerprint density at radius 2 is 1.87 bits per heavy atom. The molecule has 0 radical (unpaired) electrons. The molecule has 30 heavy (non-hydrogen) atoms. The Morgan fingerprint density at radius 1 is 1.13 bits per heavy atom. The Kier molecular flexibility index (Phi) is 9.31. The van der Waals surface area contributed by atoms with E-state index in [-0.39, 0.29) is 9.92 Å². The van der Waals surface area contributed by atoms with E-state index in [0.717, 1.165) is 10.5 Å². The lowest BCUT2D eigenvalue weighted by Crippen LogP contribution is -2.33. The fraction of sp³-hybridized carbons (Fsp3) is 0.350. The SMILES string of the molecule is CCCN(CCSc1ccc(OCC(=O)O)c(C)c1)S(=O)(=O)c1ccc(Cl)c(Cl)c1. The summed E-state index contributed by atoms with van der Waals surface area (Å²) in [4.78, 5) is 11.7. The van der Waals surface area contributed by atoms with Crippen molar-refractivity contribution in [3.8, 4) is 5.75 Å². The van der Waals surface area contributed by atoms with E-state index in [9.17, 15) is 13.2 Å². The molecule has 0 aliphatic heterocycles. The normalized spacial score (nSPS) is 11.6. The molecule has 0 saturated carbocycles. The minimum Gasteiger partial charge on any atom is -0.482 e. The Bertz CT molecular complexity index is 999. The lowest BCUT2D eigenvalue weighted by atomic mass is 10.2. The summed E-state index contributed by atoms with van der Waals surface area (Å²) in [6.07, 6.45) is 0.680. The Morgan fingerprint density at radius 3 is 2.47 bits per heavy atom. The van der Waals surface area contributed by atoms with E-state index < -0.39 is 22.6 Å². The molecule has 164 valence electrons. The lowest BCUT2D eigenvalue weighted by molar-refractivity contribution is -0.139. The van der Waals surface area contributed by atoms with Crippen LogP contribution < -0.4 is 4.74 Å². The number of aryl methyl sites for hydroxylation is 1. The number of sulfonamides is 1. The first kappa shape index (κ1) is 24.8. The molecular weight excluding hydrogens is 469 g/mol. The highest BCUT2D eigenvalue weighted by molar-refractivity contribution is 7.99. The smallest absolute Gasteiger partial charge is 0.341 e. The van der Waals surface area contributed by atoms with Gasteiger partial charge in [-0.05, 0) is 55.3 Å². The molecule has 6 nitrogen and oxygen atoms in total. The van der Waals surface area contributed by atoms with Crippen LogP contribution in [0.4, 0.5) is 0 Å². The summed E-state index contributed by atoms with van der Waals surface area (Å²) in [7, 11) is -3.69. The number of benzene rings is 2. The first-order valence-corrected chi connectivity index (χ1v) is 12.4. The largest absolute Gasteiger partial charge is 0.482 e. The number of carbonyl (C=O) groups is 1. The first-order valence-electron chi connectivity index (χ1n) is 9.18. The van der Waals surface area contributed by atoms with Crippen molar-refractivity contribution in [3.05, 3.63) is 52.0 Å². The summed E-state index contributed by atoms with van der Waals surface area (Å²) in [6, 6.07) is 9.74. The van der Waals surface area contributed by atoms with Crippen LogP contribution in [-0.4, -0.2) is 49.2 Å². The second-order valence-electron chi connectivity index (χ2n) is 6.44. The van der Waals surface area contributed by atoms with E-state index in [1.807, 2.05) is 26.0 Å². The van der Waals surface area contributed by atoms with Crippen molar-refractivity contribution in [1.29, 1.82) is 0 Å². The van der Waals surface area contributed by atoms with Gasteiger partial charge in [0, 0.05) is 23.7 Å². The molecule has 0 bridgehead atoms. The molecule has 10 heteroatoms. The van der Waals surface area contributed by atoms with E-state index >= 15 is 0 Å². The number of carboxylic acids is 1. The molecule has 0 aliphatic carbocycles. The van der Waals surface area contributed by atoms with Crippen LogP contribution in [0.15, 0.2) is 46.2 Å². The second-order valence-corrected chi connectivity index (χ2v) is 10.4. The highest BCUT2D eigenvalue weighted by Gasteiger charge is 2.24. The van der Waals surface area contributed by atoms with E-state index in [0.29, 0.717) is 36.0 Å². The standard InChI is InChI=1S/C20H23Cl2NO5S2/c1-3-8-23(30(26,27)16-5-6-17(21)18(22)12-16)9-10-29-15-4-7-19(14(2)11-15)28-13-20(24)25/h4-7,11-12H,3,8-10,13H2,1-2H3,(H,24,25). The number of carboxylic acid groups (broad SMARTS) is 1. The van der Waals surface area contributed by atoms with Gasteiger partial charge < -0.3 is 9.84 Å². The molecule has 2 aromatic carbocycles. The molecule has 0 aliphatic rings. The monoisotopic (exact) mass is 491 g/mol. The topological polar surface area (TPSA) is 83.9 Å². The average molecular weight is 492 g/mol. The summed E-state index contributed by atoms with van der Waals surface area (Å²) in [6.45, 7) is 4.08. The van der Waals surface area contributed by atoms with Gasteiger partial charge in [0.15, 0.2) is 6.61 Å². The van der Waals surface area contributed by atoms with Gasteiger partial charge in [-0.15, -0.1) is 11.8 Å². The third kappa shape index (κ3) is 6.78. The van der Waals surface area contributed by atoms with Crippen molar-refractivity contribution in [3.63, 3.8) is 0 Å². The fourth-order valence-corrected chi connectivity index (χ4v) is 5.68. The first-order chi connectivity index (χ1) is 14.1. The van der Waals surface area contributed by atoms with Gasteiger partial charge >= 0.3 is 5.97 Å². The van der Waals surface area contributed by atoms with Gasteiger partial charge in [-0.25, -0.2) is 13.2 Å². The maximum Gasteiger partial charge on any atom is 0.341 e. The van der Waals surface area contributed by atoms with Crippen molar-refractivity contribution in [2.75, 3.05) is 25.4 Å². The van der Waals surface area contributed by atoms with E-state index in [1.54, 1.807) is 6.07 Å². The predicted octanol–water partition coefficient (Wildman–Crippen LogP) is 4.96. The fourth-order valence-electron chi connectivity index (χ4n) is 2.67. The van der Waals surface area contributed by atoms with Crippen molar-refractivity contribution < 1.29 is 23.1 Å². The van der Waals surface area contributed by atoms with Crippen molar-refractivity contribution >= 4 is 51.0 Å². The third-order valence-electron chi connectivity index (χ3n) is 4.11. The number of rotatable bonds is 11. The molecule has 0 heterocycles. The van der Waals surface area contributed by atoms with Crippen molar-refractivity contribution in [2.24, 2.45) is 0 Å². The summed E-state index contributed by atoms with van der Waals surface area (Å²) >= 11 is 13.4. The molecule has 0 spiro atoms. The number of hydrogen-bond acceptors (Lipinski definition) is 5. The van der Waals surface area contributed by atoms with Crippen LogP contribution in [0.5, 0.6) is 5.75 Å². The summed E-state index contributed by atoms with van der Waals surface area (Å²) in [5.41, 5.74) is 0.815. The summed E-state index contributed by atoms with van der Waals surface area (Å²) < 4.78 is 32.7. The Hall–Kier alpha value is -1.45. The zero-order valence-corrected chi connectivity index (χ0v) is 19.7. The summed E-state index contributed by atoms with van der Waals surface area (Å²) in [5.74, 6) is 0.0265. The number of nitrogens with zero attached hydrogens (tertiary/aromatic N) is 1. The predicted molar refractivity (Wildman–Crippen MR) is 121 cm³/mol. The van der Waals surface area contributed by atoms with Gasteiger partial charge in [-0.2, -0.15) is 4.31 Å². The number of aliphatic carboxylic acids is 1. The van der Waals surface area contributed by atoms with Crippen LogP contribution in [-0.2, 0) is 14.8 Å². The molecule has 0 atom stereocenters. The van der Waals surface area contributed by atoms with E-state index in [2.05, 4.69) is 0 Å². The van der Waals surface area contributed by atoms with E-state index in [4.69, 9.17) is 33.0 Å². The van der Waals surface area contributed by atoms with Crippen LogP contribution >= 0.6 is 35.0 Å². The Balaban J connectivity index is 2.05. The van der Waals surface area contributed by atoms with Gasteiger partial charge in [0.1, 0.15) is 5.75 Å². The van der Waals surface area contributed by atoms with Crippen molar-refractivity contribution in [2.45, 2.75) is 30.1 Å². The molecule has 0 saturated heterocycles. The van der Waals surface area contributed by atoms with Crippen LogP contribution in [0.3, 0.4) is 0 Å². The molecule has 2 rings (SSSR count). The van der Waals surface area contributed by atoms with Crippen LogP contribution in [0.1, 0.15) is 18.9 Å². The molecule has 0 fully saturated rings. The van der Waals surface area contributed by atoms with Crippen LogP contribution in [0.2, 0.25) is 10.0 Å². The minimum absolute atomic E-state index is 0.117. The number of ether oxygens (including phenoxy) is 1. The molecule has 1 N–H and O–H groups in total. The maximum atomic E-state index is 13.0. The lowest BCUT2D eigenvalue weighted by Gasteiger charge is -2.22. The van der Waals surface area contributed by atoms with Crippen LogP contribution in [0.25, 0.3) is 0 Å². The third-order valence-corrected chi connectivity index (χ3v) is 7.72. The van der Waals surface area contributed by atoms with E-state index in [1.165, 1.54) is 34.3 Å².